The topological polar surface area (TPSA) is 77.0 Å². The van der Waals surface area contributed by atoms with E-state index in [-0.39, 0.29) is 0 Å². The Morgan fingerprint density at radius 1 is 1.18 bits per heavy atom. The number of aryl methyl sites for hydroxylation is 1. The van der Waals surface area contributed by atoms with Gasteiger partial charge in [0.1, 0.15) is 0 Å². The van der Waals surface area contributed by atoms with Crippen molar-refractivity contribution < 1.29 is 8.42 Å². The second-order valence-electron chi connectivity index (χ2n) is 7.49. The average Bonchev–Trinajstić information content (AvgIpc) is 2.83. The summed E-state index contributed by atoms with van der Waals surface area (Å²) in [5.74, 6) is 0.791. The van der Waals surface area contributed by atoms with Crippen molar-refractivity contribution >= 4 is 15.8 Å². The van der Waals surface area contributed by atoms with Gasteiger partial charge in [-0.25, -0.2) is 13.4 Å². The van der Waals surface area contributed by atoms with E-state index in [0.29, 0.717) is 11.4 Å². The lowest BCUT2D eigenvalue weighted by Gasteiger charge is -2.21. The van der Waals surface area contributed by atoms with Gasteiger partial charge in [-0.1, -0.05) is 12.1 Å². The van der Waals surface area contributed by atoms with E-state index in [4.69, 9.17) is 0 Å². The predicted octanol–water partition coefficient (Wildman–Crippen LogP) is 1.09. The van der Waals surface area contributed by atoms with Crippen LogP contribution in [0.4, 0.5) is 0 Å². The first-order valence-electron chi connectivity index (χ1n) is 10.0. The highest BCUT2D eigenvalue weighted by Crippen LogP contribution is 2.17. The standard InChI is InChI=1S/C20H35N5O2S/c1-5-21-20(22-9-12-25-11-6-10-24(3)13-14-25)23-16-18-7-8-19(17(2)15-18)28(4,26)27/h7-8,15H,5-6,9-14,16H2,1-4H3,(H2,21,22,23). The first-order chi connectivity index (χ1) is 13.3. The van der Waals surface area contributed by atoms with Gasteiger partial charge in [0.2, 0.25) is 0 Å². The van der Waals surface area contributed by atoms with E-state index in [1.807, 2.05) is 26.0 Å². The van der Waals surface area contributed by atoms with Crippen LogP contribution in [0.5, 0.6) is 0 Å². The lowest BCUT2D eigenvalue weighted by Crippen LogP contribution is -2.42. The molecule has 0 aromatic heterocycles. The van der Waals surface area contributed by atoms with Crippen LogP contribution in [-0.4, -0.2) is 83.3 Å². The third kappa shape index (κ3) is 7.41. The van der Waals surface area contributed by atoms with Gasteiger partial charge in [0.25, 0.3) is 0 Å². The molecule has 7 nitrogen and oxygen atoms in total. The Bertz CT molecular complexity index is 764. The van der Waals surface area contributed by atoms with E-state index in [1.54, 1.807) is 6.07 Å². The molecule has 158 valence electrons. The Balaban J connectivity index is 1.90. The highest BCUT2D eigenvalue weighted by atomic mass is 32.2. The summed E-state index contributed by atoms with van der Waals surface area (Å²) >= 11 is 0. The summed E-state index contributed by atoms with van der Waals surface area (Å²) in [7, 11) is -1.00. The lowest BCUT2D eigenvalue weighted by molar-refractivity contribution is 0.280. The van der Waals surface area contributed by atoms with Gasteiger partial charge < -0.3 is 20.4 Å². The van der Waals surface area contributed by atoms with Crippen LogP contribution in [0.2, 0.25) is 0 Å². The van der Waals surface area contributed by atoms with E-state index >= 15 is 0 Å². The molecule has 28 heavy (non-hydrogen) atoms. The Kier molecular flexibility index (Phi) is 8.72. The molecule has 0 amide bonds. The van der Waals surface area contributed by atoms with Gasteiger partial charge in [0.15, 0.2) is 15.8 Å². The number of hydrogen-bond acceptors (Lipinski definition) is 5. The predicted molar refractivity (Wildman–Crippen MR) is 116 cm³/mol. The number of aliphatic imine (C=N–C) groups is 1. The van der Waals surface area contributed by atoms with E-state index < -0.39 is 9.84 Å². The molecule has 0 radical (unpaired) electrons. The van der Waals surface area contributed by atoms with Crippen molar-refractivity contribution in [1.82, 2.24) is 20.4 Å². The number of guanidine groups is 1. The van der Waals surface area contributed by atoms with Crippen LogP contribution in [-0.2, 0) is 16.4 Å². The van der Waals surface area contributed by atoms with Crippen LogP contribution >= 0.6 is 0 Å². The molecule has 1 aromatic rings. The maximum atomic E-state index is 11.8. The van der Waals surface area contributed by atoms with Gasteiger partial charge in [0, 0.05) is 39.0 Å². The quantitative estimate of drug-likeness (QED) is 0.519. The first kappa shape index (κ1) is 22.6. The summed E-state index contributed by atoms with van der Waals surface area (Å²) in [5, 5.41) is 6.68. The van der Waals surface area contributed by atoms with Crippen LogP contribution in [0.1, 0.15) is 24.5 Å². The molecule has 1 heterocycles. The molecular formula is C20H35N5O2S. The largest absolute Gasteiger partial charge is 0.357 e. The maximum Gasteiger partial charge on any atom is 0.191 e. The lowest BCUT2D eigenvalue weighted by atomic mass is 10.1. The van der Waals surface area contributed by atoms with Crippen LogP contribution in [0.15, 0.2) is 28.1 Å². The van der Waals surface area contributed by atoms with Gasteiger partial charge in [0.05, 0.1) is 11.4 Å². The molecular weight excluding hydrogens is 374 g/mol. The fourth-order valence-electron chi connectivity index (χ4n) is 3.39. The minimum atomic E-state index is -3.19. The zero-order valence-corrected chi connectivity index (χ0v) is 18.5. The fourth-order valence-corrected chi connectivity index (χ4v) is 4.35. The van der Waals surface area contributed by atoms with Crippen LogP contribution in [0.3, 0.4) is 0 Å². The van der Waals surface area contributed by atoms with Crippen LogP contribution < -0.4 is 10.6 Å². The molecule has 0 spiro atoms. The van der Waals surface area contributed by atoms with Crippen LogP contribution in [0.25, 0.3) is 0 Å². The molecule has 1 saturated heterocycles. The SMILES string of the molecule is CCNC(=NCc1ccc(S(C)(=O)=O)c(C)c1)NCCN1CCCN(C)CC1. The van der Waals surface area contributed by atoms with E-state index in [0.717, 1.165) is 56.4 Å². The third-order valence-corrected chi connectivity index (χ3v) is 6.19. The summed E-state index contributed by atoms with van der Waals surface area (Å²) in [6.07, 6.45) is 2.45. The highest BCUT2D eigenvalue weighted by molar-refractivity contribution is 7.90. The molecule has 0 unspecified atom stereocenters. The Hall–Kier alpha value is -1.64. The number of likely N-dealkylation sites (N-methyl/N-ethyl adjacent to an activating group) is 1. The smallest absolute Gasteiger partial charge is 0.191 e. The van der Waals surface area contributed by atoms with Gasteiger partial charge in [-0.2, -0.15) is 0 Å². The molecule has 0 aliphatic carbocycles. The summed E-state index contributed by atoms with van der Waals surface area (Å²) in [4.78, 5) is 9.91. The summed E-state index contributed by atoms with van der Waals surface area (Å²) in [6, 6.07) is 5.41. The normalized spacial score (nSPS) is 17.4. The Morgan fingerprint density at radius 3 is 2.64 bits per heavy atom. The van der Waals surface area contributed by atoms with Gasteiger partial charge in [-0.3, -0.25) is 0 Å². The number of benzene rings is 1. The highest BCUT2D eigenvalue weighted by Gasteiger charge is 2.12. The van der Waals surface area contributed by atoms with Crippen molar-refractivity contribution in [1.29, 1.82) is 0 Å². The third-order valence-electron chi connectivity index (χ3n) is 4.94. The molecule has 1 aliphatic rings. The van der Waals surface area contributed by atoms with E-state index in [1.165, 1.54) is 19.2 Å². The fraction of sp³-hybridized carbons (Fsp3) is 0.650. The van der Waals surface area contributed by atoms with Crippen molar-refractivity contribution in [3.63, 3.8) is 0 Å². The first-order valence-corrected chi connectivity index (χ1v) is 11.9. The van der Waals surface area contributed by atoms with E-state index in [2.05, 4.69) is 32.5 Å². The maximum absolute atomic E-state index is 11.8. The van der Waals surface area contributed by atoms with Crippen molar-refractivity contribution in [3.8, 4) is 0 Å². The molecule has 1 aromatic carbocycles. The zero-order valence-electron chi connectivity index (χ0n) is 17.7. The van der Waals surface area contributed by atoms with Gasteiger partial charge in [-0.15, -0.1) is 0 Å². The van der Waals surface area contributed by atoms with Crippen molar-refractivity contribution in [2.24, 2.45) is 4.99 Å². The van der Waals surface area contributed by atoms with E-state index in [9.17, 15) is 8.42 Å². The number of sulfone groups is 1. The summed E-state index contributed by atoms with van der Waals surface area (Å²) in [5.41, 5.74) is 1.76. The number of hydrogen-bond donors (Lipinski definition) is 2. The van der Waals surface area contributed by atoms with Gasteiger partial charge >= 0.3 is 0 Å². The summed E-state index contributed by atoms with van der Waals surface area (Å²) in [6.45, 7) is 11.6. The van der Waals surface area contributed by atoms with Crippen LogP contribution in [0, 0.1) is 6.92 Å². The van der Waals surface area contributed by atoms with Crippen molar-refractivity contribution in [2.75, 3.05) is 59.1 Å². The number of rotatable bonds is 7. The second kappa shape index (κ2) is 10.8. The molecule has 0 bridgehead atoms. The Labute approximate surface area is 170 Å². The zero-order chi connectivity index (χ0) is 20.6. The number of nitrogens with zero attached hydrogens (tertiary/aromatic N) is 3. The minimum absolute atomic E-state index is 0.383. The second-order valence-corrected chi connectivity index (χ2v) is 9.48. The molecule has 0 saturated carbocycles. The molecule has 2 rings (SSSR count). The van der Waals surface area contributed by atoms with Crippen molar-refractivity contribution in [2.45, 2.75) is 31.7 Å². The molecule has 0 atom stereocenters. The molecule has 2 N–H and O–H groups in total. The van der Waals surface area contributed by atoms with Crippen molar-refractivity contribution in [3.05, 3.63) is 29.3 Å². The average molecular weight is 410 g/mol. The number of nitrogens with one attached hydrogen (secondary N) is 2. The Morgan fingerprint density at radius 2 is 1.96 bits per heavy atom. The molecule has 1 aliphatic heterocycles. The molecule has 1 fully saturated rings. The van der Waals surface area contributed by atoms with Gasteiger partial charge in [-0.05, 0) is 57.6 Å². The molecule has 8 heteroatoms. The monoisotopic (exact) mass is 409 g/mol. The summed E-state index contributed by atoms with van der Waals surface area (Å²) < 4.78 is 23.5. The minimum Gasteiger partial charge on any atom is -0.357 e.